The maximum Gasteiger partial charge on any atom is 0.233 e. The van der Waals surface area contributed by atoms with E-state index in [-0.39, 0.29) is 41.4 Å². The van der Waals surface area contributed by atoms with E-state index >= 15 is 0 Å². The predicted octanol–water partition coefficient (Wildman–Crippen LogP) is 5.62. The summed E-state index contributed by atoms with van der Waals surface area (Å²) >= 11 is 3.49. The molecule has 4 atom stereocenters. The molecule has 0 saturated carbocycles. The Labute approximate surface area is 220 Å². The van der Waals surface area contributed by atoms with E-state index in [0.717, 1.165) is 40.6 Å². The van der Waals surface area contributed by atoms with Gasteiger partial charge < -0.3 is 9.84 Å². The van der Waals surface area contributed by atoms with Crippen molar-refractivity contribution in [2.45, 2.75) is 45.1 Å². The SMILES string of the molecule is CCCC1=C2[C@@H](CC/C(=C/c3cc(Br)ccc3O)c3ccccn3)OC[C@@H]2[C@@H]2C(=O)N(C)C(=O)[C@@H]2C1. The molecule has 2 fully saturated rings. The summed E-state index contributed by atoms with van der Waals surface area (Å²) in [6.45, 7) is 2.63. The van der Waals surface area contributed by atoms with Crippen molar-refractivity contribution < 1.29 is 19.4 Å². The summed E-state index contributed by atoms with van der Waals surface area (Å²) in [6, 6.07) is 11.2. The Bertz CT molecular complexity index is 1240. The number of aromatic nitrogens is 1. The lowest BCUT2D eigenvalue weighted by atomic mass is 9.68. The number of nitrogens with zero attached hydrogens (tertiary/aromatic N) is 2. The van der Waals surface area contributed by atoms with Gasteiger partial charge in [0, 0.05) is 29.2 Å². The molecule has 0 spiro atoms. The number of fused-ring (bicyclic) bond motifs is 3. The van der Waals surface area contributed by atoms with E-state index in [9.17, 15) is 14.7 Å². The zero-order chi connectivity index (χ0) is 25.4. The highest BCUT2D eigenvalue weighted by Gasteiger charge is 2.55. The number of rotatable bonds is 7. The van der Waals surface area contributed by atoms with Crippen LogP contribution >= 0.6 is 15.9 Å². The fourth-order valence-electron chi connectivity index (χ4n) is 6.11. The summed E-state index contributed by atoms with van der Waals surface area (Å²) in [5.74, 6) is -0.463. The average molecular weight is 551 g/mol. The fourth-order valence-corrected chi connectivity index (χ4v) is 6.49. The van der Waals surface area contributed by atoms with E-state index in [4.69, 9.17) is 4.74 Å². The molecule has 0 radical (unpaired) electrons. The molecule has 5 rings (SSSR count). The van der Waals surface area contributed by atoms with Gasteiger partial charge in [0.15, 0.2) is 0 Å². The monoisotopic (exact) mass is 550 g/mol. The number of amides is 2. The molecule has 2 amide bonds. The van der Waals surface area contributed by atoms with Gasteiger partial charge in [0.25, 0.3) is 0 Å². The van der Waals surface area contributed by atoms with Crippen LogP contribution in [0.3, 0.4) is 0 Å². The highest BCUT2D eigenvalue weighted by molar-refractivity contribution is 9.10. The molecule has 3 heterocycles. The molecule has 7 heteroatoms. The second kappa shape index (κ2) is 10.3. The zero-order valence-electron chi connectivity index (χ0n) is 20.6. The smallest absolute Gasteiger partial charge is 0.233 e. The number of aromatic hydroxyl groups is 1. The van der Waals surface area contributed by atoms with E-state index in [2.05, 4.69) is 27.8 Å². The van der Waals surface area contributed by atoms with Crippen LogP contribution in [0.25, 0.3) is 11.6 Å². The summed E-state index contributed by atoms with van der Waals surface area (Å²) < 4.78 is 7.23. The number of phenolic OH excluding ortho intramolecular Hbond substituents is 1. The number of imide groups is 1. The van der Waals surface area contributed by atoms with Crippen molar-refractivity contribution in [3.05, 3.63) is 69.5 Å². The first-order valence-corrected chi connectivity index (χ1v) is 13.4. The van der Waals surface area contributed by atoms with Crippen molar-refractivity contribution in [2.75, 3.05) is 13.7 Å². The third kappa shape index (κ3) is 4.55. The van der Waals surface area contributed by atoms with Gasteiger partial charge in [-0.3, -0.25) is 19.5 Å². The van der Waals surface area contributed by atoms with Gasteiger partial charge in [0.05, 0.1) is 30.2 Å². The molecule has 2 aliphatic heterocycles. The number of phenols is 1. The first-order valence-electron chi connectivity index (χ1n) is 12.6. The number of allylic oxidation sites excluding steroid dienone is 2. The van der Waals surface area contributed by atoms with Crippen molar-refractivity contribution in [3.63, 3.8) is 0 Å². The quantitative estimate of drug-likeness (QED) is 0.357. The maximum atomic E-state index is 13.0. The largest absolute Gasteiger partial charge is 0.507 e. The Morgan fingerprint density at radius 3 is 2.81 bits per heavy atom. The number of hydrogen-bond acceptors (Lipinski definition) is 5. The van der Waals surface area contributed by atoms with Gasteiger partial charge in [0.2, 0.25) is 11.8 Å². The summed E-state index contributed by atoms with van der Waals surface area (Å²) in [7, 11) is 1.61. The third-order valence-corrected chi connectivity index (χ3v) is 8.26. The molecular weight excluding hydrogens is 520 g/mol. The van der Waals surface area contributed by atoms with Gasteiger partial charge in [-0.25, -0.2) is 0 Å². The van der Waals surface area contributed by atoms with Crippen molar-refractivity contribution >= 4 is 39.4 Å². The third-order valence-electron chi connectivity index (χ3n) is 7.77. The summed E-state index contributed by atoms with van der Waals surface area (Å²) in [5.41, 5.74) is 5.14. The minimum atomic E-state index is -0.299. The van der Waals surface area contributed by atoms with Gasteiger partial charge in [-0.1, -0.05) is 40.9 Å². The molecule has 0 unspecified atom stereocenters. The minimum Gasteiger partial charge on any atom is -0.507 e. The van der Waals surface area contributed by atoms with Crippen LogP contribution in [-0.2, 0) is 14.3 Å². The molecular formula is C29H31BrN2O4. The van der Waals surface area contributed by atoms with Crippen molar-refractivity contribution in [3.8, 4) is 5.75 Å². The molecule has 1 aliphatic carbocycles. The highest BCUT2D eigenvalue weighted by Crippen LogP contribution is 2.50. The number of benzene rings is 1. The van der Waals surface area contributed by atoms with Crippen LogP contribution < -0.4 is 0 Å². The van der Waals surface area contributed by atoms with Crippen LogP contribution in [-0.4, -0.2) is 46.6 Å². The molecule has 36 heavy (non-hydrogen) atoms. The predicted molar refractivity (Wildman–Crippen MR) is 142 cm³/mol. The Morgan fingerprint density at radius 2 is 2.06 bits per heavy atom. The van der Waals surface area contributed by atoms with Crippen LogP contribution in [0.2, 0.25) is 0 Å². The molecule has 1 aromatic carbocycles. The number of halogens is 1. The van der Waals surface area contributed by atoms with Gasteiger partial charge >= 0.3 is 0 Å². The van der Waals surface area contributed by atoms with E-state index in [0.29, 0.717) is 19.4 Å². The van der Waals surface area contributed by atoms with Gasteiger partial charge in [0.1, 0.15) is 5.75 Å². The zero-order valence-corrected chi connectivity index (χ0v) is 22.2. The van der Waals surface area contributed by atoms with Crippen LogP contribution in [0.5, 0.6) is 5.75 Å². The lowest BCUT2D eigenvalue weighted by molar-refractivity contribution is -0.138. The van der Waals surface area contributed by atoms with Crippen LogP contribution in [0.1, 0.15) is 50.3 Å². The van der Waals surface area contributed by atoms with E-state index in [1.807, 2.05) is 36.4 Å². The maximum absolute atomic E-state index is 13.0. The Kier molecular flexibility index (Phi) is 7.13. The standard InChI is InChI=1S/C29H31BrN2O4/c1-3-6-18-15-21-27(29(35)32(2)28(21)34)22-16-36-25(26(18)22)11-8-17(23-7-4-5-12-31-23)13-19-14-20(30)9-10-24(19)33/h4-5,7,9-10,12-14,21-22,25,27,33H,3,6,8,11,15-16H2,1-2H3/b17-13-/t21-,22+,25-,27-/m1/s1. The van der Waals surface area contributed by atoms with Gasteiger partial charge in [-0.15, -0.1) is 0 Å². The van der Waals surface area contributed by atoms with Crippen LogP contribution in [0, 0.1) is 17.8 Å². The van der Waals surface area contributed by atoms with Gasteiger partial charge in [-0.2, -0.15) is 0 Å². The second-order valence-corrected chi connectivity index (χ2v) is 10.9. The van der Waals surface area contributed by atoms with Crippen molar-refractivity contribution in [1.82, 2.24) is 9.88 Å². The summed E-state index contributed by atoms with van der Waals surface area (Å²) in [6.07, 6.45) is 7.69. The van der Waals surface area contributed by atoms with Crippen molar-refractivity contribution in [1.29, 1.82) is 0 Å². The number of likely N-dealkylation sites (tertiary alicyclic amines) is 1. The number of ether oxygens (including phenoxy) is 1. The molecule has 1 aromatic heterocycles. The second-order valence-electron chi connectivity index (χ2n) is 9.94. The molecule has 2 saturated heterocycles. The first kappa shape index (κ1) is 24.9. The Balaban J connectivity index is 1.45. The number of pyridine rings is 1. The number of carbonyl (C=O) groups is 2. The molecule has 1 N–H and O–H groups in total. The summed E-state index contributed by atoms with van der Waals surface area (Å²) in [5, 5.41) is 10.4. The number of carbonyl (C=O) groups excluding carboxylic acids is 2. The van der Waals surface area contributed by atoms with E-state index in [1.165, 1.54) is 16.0 Å². The topological polar surface area (TPSA) is 79.7 Å². The highest BCUT2D eigenvalue weighted by atomic mass is 79.9. The average Bonchev–Trinajstić information content (AvgIpc) is 3.40. The van der Waals surface area contributed by atoms with Crippen LogP contribution in [0.4, 0.5) is 0 Å². The lowest BCUT2D eigenvalue weighted by Crippen LogP contribution is -2.34. The lowest BCUT2D eigenvalue weighted by Gasteiger charge is -2.32. The van der Waals surface area contributed by atoms with E-state index in [1.54, 1.807) is 19.3 Å². The van der Waals surface area contributed by atoms with Crippen LogP contribution in [0.15, 0.2) is 58.2 Å². The summed E-state index contributed by atoms with van der Waals surface area (Å²) in [4.78, 5) is 31.6. The molecule has 6 nitrogen and oxygen atoms in total. The van der Waals surface area contributed by atoms with Gasteiger partial charge in [-0.05, 0) is 73.2 Å². The fraction of sp³-hybridized carbons (Fsp3) is 0.414. The van der Waals surface area contributed by atoms with Crippen molar-refractivity contribution in [2.24, 2.45) is 17.8 Å². The molecule has 3 aliphatic rings. The van der Waals surface area contributed by atoms with E-state index < -0.39 is 0 Å². The molecule has 0 bridgehead atoms. The molecule has 2 aromatic rings. The first-order chi connectivity index (χ1) is 17.4. The molecule has 188 valence electrons. The number of hydrogen-bond donors (Lipinski definition) is 1. The minimum absolute atomic E-state index is 0.0203. The normalized spacial score (nSPS) is 26.0. The Hall–Kier alpha value is -2.77. The Morgan fingerprint density at radius 1 is 1.22 bits per heavy atom.